The van der Waals surface area contributed by atoms with Crippen LogP contribution in [0.15, 0.2) is 91.3 Å². The van der Waals surface area contributed by atoms with E-state index < -0.39 is 0 Å². The van der Waals surface area contributed by atoms with E-state index in [0.717, 1.165) is 28.3 Å². The van der Waals surface area contributed by atoms with Crippen LogP contribution in [0.1, 0.15) is 39.4 Å². The number of methoxy groups -OCH3 is 1. The summed E-state index contributed by atoms with van der Waals surface area (Å²) >= 11 is 5.84. The summed E-state index contributed by atoms with van der Waals surface area (Å²) in [5.41, 5.74) is 5.24. The van der Waals surface area contributed by atoms with Crippen LogP contribution >= 0.6 is 12.2 Å². The summed E-state index contributed by atoms with van der Waals surface area (Å²) in [6, 6.07) is 25.3. The molecule has 0 bridgehead atoms. The van der Waals surface area contributed by atoms with Crippen LogP contribution in [0.5, 0.6) is 0 Å². The van der Waals surface area contributed by atoms with Crippen LogP contribution in [-0.2, 0) is 4.74 Å². The molecule has 0 aliphatic carbocycles. The fraction of sp³-hybridized carbons (Fsp3) is 0.148. The zero-order chi connectivity index (χ0) is 23.7. The summed E-state index contributed by atoms with van der Waals surface area (Å²) in [6.45, 7) is 2.07. The molecule has 4 aromatic rings. The molecule has 34 heavy (non-hydrogen) atoms. The van der Waals surface area contributed by atoms with E-state index in [9.17, 15) is 4.79 Å². The van der Waals surface area contributed by atoms with Gasteiger partial charge in [0.15, 0.2) is 5.11 Å². The van der Waals surface area contributed by atoms with Crippen molar-refractivity contribution >= 4 is 29.0 Å². The number of pyridine rings is 1. The summed E-state index contributed by atoms with van der Waals surface area (Å²) in [5.74, 6) is -0.382. The monoisotopic (exact) mass is 468 g/mol. The van der Waals surface area contributed by atoms with Crippen molar-refractivity contribution in [3.63, 3.8) is 0 Å². The fourth-order valence-corrected chi connectivity index (χ4v) is 4.88. The number of nitrogens with one attached hydrogen (secondary N) is 1. The number of carbonyl (C=O) groups excluding carboxylic acids is 1. The number of aromatic nitrogens is 2. The topological polar surface area (TPSA) is 59.4 Å². The number of aryl methyl sites for hydroxylation is 1. The van der Waals surface area contributed by atoms with Crippen LogP contribution in [0.25, 0.3) is 5.69 Å². The first-order valence-corrected chi connectivity index (χ1v) is 11.4. The van der Waals surface area contributed by atoms with Gasteiger partial charge in [-0.25, -0.2) is 4.79 Å². The lowest BCUT2D eigenvalue weighted by Crippen LogP contribution is -2.30. The number of hydrogen-bond acceptors (Lipinski definition) is 4. The lowest BCUT2D eigenvalue weighted by atomic mass is 10.00. The van der Waals surface area contributed by atoms with Crippen LogP contribution in [0.3, 0.4) is 0 Å². The summed E-state index contributed by atoms with van der Waals surface area (Å²) in [6.07, 6.45) is 3.75. The van der Waals surface area contributed by atoms with Gasteiger partial charge in [0.1, 0.15) is 6.04 Å². The Hall–Kier alpha value is -3.97. The van der Waals surface area contributed by atoms with Gasteiger partial charge in [-0.05, 0) is 73.2 Å². The third-order valence-electron chi connectivity index (χ3n) is 6.03. The standard InChI is InChI=1S/C27H24N4O2S/c1-18-9-7-10-19(17-18)31-25(24(29-27(31)34)21-12-5-6-15-28-21)23-14-8-16-30(23)22-13-4-3-11-20(22)26(32)33-2/h3-17,24-25H,1-2H3,(H,29,34)/t24-,25+/m1/s1. The minimum atomic E-state index is -0.382. The zero-order valence-corrected chi connectivity index (χ0v) is 19.7. The van der Waals surface area contributed by atoms with Crippen molar-refractivity contribution in [3.05, 3.63) is 114 Å². The van der Waals surface area contributed by atoms with Crippen LogP contribution < -0.4 is 10.2 Å². The lowest BCUT2D eigenvalue weighted by molar-refractivity contribution is 0.0600. The van der Waals surface area contributed by atoms with Crippen LogP contribution in [0.4, 0.5) is 5.69 Å². The highest BCUT2D eigenvalue weighted by molar-refractivity contribution is 7.80. The molecule has 2 aromatic carbocycles. The van der Waals surface area contributed by atoms with Gasteiger partial charge in [-0.1, -0.05) is 30.3 Å². The van der Waals surface area contributed by atoms with Crippen LogP contribution in [0, 0.1) is 6.92 Å². The third-order valence-corrected chi connectivity index (χ3v) is 6.34. The molecule has 2 aromatic heterocycles. The second kappa shape index (κ2) is 9.11. The molecule has 2 atom stereocenters. The van der Waals surface area contributed by atoms with Gasteiger partial charge in [0.25, 0.3) is 0 Å². The Kier molecular flexibility index (Phi) is 5.86. The second-order valence-electron chi connectivity index (χ2n) is 8.15. The number of benzene rings is 2. The second-order valence-corrected chi connectivity index (χ2v) is 8.53. The largest absolute Gasteiger partial charge is 0.465 e. The van der Waals surface area contributed by atoms with Crippen molar-refractivity contribution in [1.82, 2.24) is 14.9 Å². The number of nitrogens with zero attached hydrogens (tertiary/aromatic N) is 3. The Morgan fingerprint density at radius 1 is 1.03 bits per heavy atom. The average molecular weight is 469 g/mol. The first-order valence-electron chi connectivity index (χ1n) is 11.0. The Morgan fingerprint density at radius 3 is 2.62 bits per heavy atom. The molecular weight excluding hydrogens is 444 g/mol. The highest BCUT2D eigenvalue weighted by atomic mass is 32.1. The van der Waals surface area contributed by atoms with Gasteiger partial charge >= 0.3 is 5.97 Å². The molecule has 3 heterocycles. The van der Waals surface area contributed by atoms with Gasteiger partial charge < -0.3 is 19.5 Å². The van der Waals surface area contributed by atoms with Crippen molar-refractivity contribution in [1.29, 1.82) is 0 Å². The van der Waals surface area contributed by atoms with E-state index in [4.69, 9.17) is 17.0 Å². The molecule has 6 nitrogen and oxygen atoms in total. The number of carbonyl (C=O) groups is 1. The molecule has 0 spiro atoms. The zero-order valence-electron chi connectivity index (χ0n) is 18.9. The maximum Gasteiger partial charge on any atom is 0.339 e. The van der Waals surface area contributed by atoms with Crippen molar-refractivity contribution in [3.8, 4) is 5.69 Å². The summed E-state index contributed by atoms with van der Waals surface area (Å²) < 4.78 is 7.08. The maximum absolute atomic E-state index is 12.5. The summed E-state index contributed by atoms with van der Waals surface area (Å²) in [7, 11) is 1.39. The Balaban J connectivity index is 1.70. The van der Waals surface area contributed by atoms with Crippen molar-refractivity contribution < 1.29 is 9.53 Å². The van der Waals surface area contributed by atoms with E-state index >= 15 is 0 Å². The van der Waals surface area contributed by atoms with E-state index in [-0.39, 0.29) is 18.1 Å². The van der Waals surface area contributed by atoms with Crippen LogP contribution in [-0.4, -0.2) is 27.7 Å². The first-order chi connectivity index (χ1) is 16.6. The number of para-hydroxylation sites is 1. The number of thiocarbonyl (C=S) groups is 1. The highest BCUT2D eigenvalue weighted by Gasteiger charge is 2.42. The quantitative estimate of drug-likeness (QED) is 0.323. The van der Waals surface area contributed by atoms with E-state index in [1.165, 1.54) is 7.11 Å². The maximum atomic E-state index is 12.5. The summed E-state index contributed by atoms with van der Waals surface area (Å²) in [5, 5.41) is 4.12. The molecule has 7 heteroatoms. The number of ether oxygens (including phenoxy) is 1. The van der Waals surface area contributed by atoms with E-state index in [1.54, 1.807) is 12.3 Å². The molecule has 5 rings (SSSR count). The molecule has 0 saturated carbocycles. The molecule has 1 saturated heterocycles. The Labute approximate surface area is 203 Å². The molecule has 0 amide bonds. The molecule has 1 N–H and O–H groups in total. The number of anilines is 1. The van der Waals surface area contributed by atoms with Gasteiger partial charge in [0.2, 0.25) is 0 Å². The number of esters is 1. The minimum Gasteiger partial charge on any atom is -0.465 e. The van der Waals surface area contributed by atoms with Gasteiger partial charge in [-0.15, -0.1) is 0 Å². The predicted octanol–water partition coefficient (Wildman–Crippen LogP) is 5.14. The fourth-order valence-electron chi connectivity index (χ4n) is 4.53. The highest BCUT2D eigenvalue weighted by Crippen LogP contribution is 2.42. The minimum absolute atomic E-state index is 0.187. The van der Waals surface area contributed by atoms with Crippen LogP contribution in [0.2, 0.25) is 0 Å². The molecule has 1 aliphatic heterocycles. The van der Waals surface area contributed by atoms with Gasteiger partial charge in [-0.2, -0.15) is 0 Å². The van der Waals surface area contributed by atoms with Gasteiger partial charge in [-0.3, -0.25) is 4.98 Å². The molecule has 1 aliphatic rings. The molecule has 0 radical (unpaired) electrons. The van der Waals surface area contributed by atoms with Gasteiger partial charge in [0.05, 0.1) is 30.1 Å². The molecule has 0 unspecified atom stereocenters. The predicted molar refractivity (Wildman–Crippen MR) is 136 cm³/mol. The van der Waals surface area contributed by atoms with E-state index in [0.29, 0.717) is 10.7 Å². The van der Waals surface area contributed by atoms with Crippen molar-refractivity contribution in [2.75, 3.05) is 12.0 Å². The number of hydrogen-bond donors (Lipinski definition) is 1. The number of rotatable bonds is 5. The summed E-state index contributed by atoms with van der Waals surface area (Å²) in [4.78, 5) is 19.3. The molecular formula is C27H24N4O2S. The lowest BCUT2D eigenvalue weighted by Gasteiger charge is -2.29. The van der Waals surface area contributed by atoms with Crippen molar-refractivity contribution in [2.45, 2.75) is 19.0 Å². The van der Waals surface area contributed by atoms with Gasteiger partial charge in [0, 0.05) is 23.8 Å². The normalized spacial score (nSPS) is 17.5. The Bertz CT molecular complexity index is 1350. The Morgan fingerprint density at radius 2 is 1.85 bits per heavy atom. The average Bonchev–Trinajstić information content (AvgIpc) is 3.48. The smallest absolute Gasteiger partial charge is 0.339 e. The third kappa shape index (κ3) is 3.84. The van der Waals surface area contributed by atoms with E-state index in [2.05, 4.69) is 46.4 Å². The SMILES string of the molecule is COC(=O)c1ccccc1-n1cccc1[C@H]1[C@@H](c2ccccn2)NC(=S)N1c1cccc(C)c1. The first kappa shape index (κ1) is 21.9. The van der Waals surface area contributed by atoms with Crippen molar-refractivity contribution in [2.24, 2.45) is 0 Å². The molecule has 170 valence electrons. The molecule has 1 fully saturated rings. The van der Waals surface area contributed by atoms with E-state index in [1.807, 2.05) is 59.3 Å².